The normalized spacial score (nSPS) is 11.8. The monoisotopic (exact) mass is 436 g/mol. The van der Waals surface area contributed by atoms with Crippen LogP contribution in [0.3, 0.4) is 0 Å². The number of aromatic amines is 1. The number of H-pyrrole nitrogens is 1. The number of carbonyl (C=O) groups is 1. The Labute approximate surface area is 196 Å². The highest BCUT2D eigenvalue weighted by molar-refractivity contribution is 5.83. The molecule has 0 aliphatic carbocycles. The van der Waals surface area contributed by atoms with Gasteiger partial charge in [0.15, 0.2) is 0 Å². The van der Waals surface area contributed by atoms with E-state index in [0.717, 1.165) is 32.2 Å². The van der Waals surface area contributed by atoms with Crippen LogP contribution in [0, 0.1) is 0 Å². The van der Waals surface area contributed by atoms with Gasteiger partial charge in [0.2, 0.25) is 5.91 Å². The molecule has 2 aromatic rings. The molecule has 3 heteroatoms. The summed E-state index contributed by atoms with van der Waals surface area (Å²) in [6.45, 7) is 3.03. The maximum Gasteiger partial charge on any atom is 0.222 e. The van der Waals surface area contributed by atoms with E-state index >= 15 is 0 Å². The van der Waals surface area contributed by atoms with Crippen molar-refractivity contribution in [3.8, 4) is 0 Å². The molecule has 0 spiro atoms. The highest BCUT2D eigenvalue weighted by Crippen LogP contribution is 2.18. The summed E-state index contributed by atoms with van der Waals surface area (Å²) in [6, 6.07) is 8.35. The van der Waals surface area contributed by atoms with Gasteiger partial charge in [-0.2, -0.15) is 0 Å². The number of carbonyl (C=O) groups excluding carboxylic acids is 1. The van der Waals surface area contributed by atoms with E-state index in [0.29, 0.717) is 6.42 Å². The number of aromatic nitrogens is 1. The second-order valence-corrected chi connectivity index (χ2v) is 8.91. The van der Waals surface area contributed by atoms with Crippen LogP contribution in [0.25, 0.3) is 10.9 Å². The summed E-state index contributed by atoms with van der Waals surface area (Å²) in [5.74, 6) is 0.274. The standard InChI is InChI=1S/C29H44N2O/c1-3-4-5-6-7-8-9-10-11-12-13-14-15-16-17-22-29(32)31(2)24-23-26-25-30-28-21-19-18-20-27(26)28/h7-8,10-11,18-21,25,30H,3-6,9,12-17,22-24H2,1-2H3/b8-7-,11-10-. The summed E-state index contributed by atoms with van der Waals surface area (Å²) >= 11 is 0. The van der Waals surface area contributed by atoms with Crippen LogP contribution in [0.15, 0.2) is 54.8 Å². The van der Waals surface area contributed by atoms with Gasteiger partial charge in [0.25, 0.3) is 0 Å². The number of allylic oxidation sites excluding steroid dienone is 4. The van der Waals surface area contributed by atoms with Crippen molar-refractivity contribution in [1.82, 2.24) is 9.88 Å². The lowest BCUT2D eigenvalue weighted by Crippen LogP contribution is -2.28. The molecule has 0 atom stereocenters. The van der Waals surface area contributed by atoms with Gasteiger partial charge < -0.3 is 9.88 Å². The van der Waals surface area contributed by atoms with Crippen LogP contribution in [0.5, 0.6) is 0 Å². The molecule has 0 saturated heterocycles. The lowest BCUT2D eigenvalue weighted by atomic mass is 10.1. The largest absolute Gasteiger partial charge is 0.361 e. The van der Waals surface area contributed by atoms with E-state index in [1.54, 1.807) is 0 Å². The lowest BCUT2D eigenvalue weighted by Gasteiger charge is -2.17. The molecule has 1 aromatic carbocycles. The van der Waals surface area contributed by atoms with Crippen molar-refractivity contribution >= 4 is 16.8 Å². The van der Waals surface area contributed by atoms with Gasteiger partial charge in [-0.1, -0.05) is 81.5 Å². The van der Waals surface area contributed by atoms with Gasteiger partial charge in [0.05, 0.1) is 0 Å². The van der Waals surface area contributed by atoms with Crippen molar-refractivity contribution in [2.75, 3.05) is 13.6 Å². The number of likely N-dealkylation sites (N-methyl/N-ethyl adjacent to an activating group) is 1. The maximum absolute atomic E-state index is 12.4. The molecule has 2 rings (SSSR count). The number of hydrogen-bond donors (Lipinski definition) is 1. The number of unbranched alkanes of at least 4 members (excludes halogenated alkanes) is 8. The number of nitrogens with zero attached hydrogens (tertiary/aromatic N) is 1. The highest BCUT2D eigenvalue weighted by atomic mass is 16.2. The number of rotatable bonds is 17. The molecule has 1 N–H and O–H groups in total. The van der Waals surface area contributed by atoms with E-state index in [4.69, 9.17) is 0 Å². The molecule has 32 heavy (non-hydrogen) atoms. The van der Waals surface area contributed by atoms with Gasteiger partial charge in [0, 0.05) is 37.1 Å². The first-order valence-corrected chi connectivity index (χ1v) is 12.8. The van der Waals surface area contributed by atoms with E-state index < -0.39 is 0 Å². The average Bonchev–Trinajstić information content (AvgIpc) is 3.23. The van der Waals surface area contributed by atoms with Crippen LogP contribution in [0.2, 0.25) is 0 Å². The minimum absolute atomic E-state index is 0.274. The van der Waals surface area contributed by atoms with Crippen molar-refractivity contribution in [1.29, 1.82) is 0 Å². The first kappa shape index (κ1) is 26.0. The smallest absolute Gasteiger partial charge is 0.222 e. The minimum atomic E-state index is 0.274. The summed E-state index contributed by atoms with van der Waals surface area (Å²) in [4.78, 5) is 17.6. The molecule has 1 heterocycles. The molecule has 0 radical (unpaired) electrons. The molecule has 1 amide bonds. The average molecular weight is 437 g/mol. The van der Waals surface area contributed by atoms with Crippen LogP contribution >= 0.6 is 0 Å². The molecular weight excluding hydrogens is 392 g/mol. The molecule has 0 aliphatic rings. The molecular formula is C29H44N2O. The van der Waals surface area contributed by atoms with Gasteiger partial charge in [-0.15, -0.1) is 0 Å². The highest BCUT2D eigenvalue weighted by Gasteiger charge is 2.10. The summed E-state index contributed by atoms with van der Waals surface area (Å²) in [5.41, 5.74) is 2.46. The zero-order valence-electron chi connectivity index (χ0n) is 20.5. The molecule has 1 aromatic heterocycles. The van der Waals surface area contributed by atoms with Gasteiger partial charge in [-0.05, 0) is 56.6 Å². The Bertz CT molecular complexity index is 817. The second-order valence-electron chi connectivity index (χ2n) is 8.91. The third kappa shape index (κ3) is 10.3. The van der Waals surface area contributed by atoms with Crippen molar-refractivity contribution < 1.29 is 4.79 Å². The first-order chi connectivity index (χ1) is 15.7. The van der Waals surface area contributed by atoms with Crippen LogP contribution in [-0.4, -0.2) is 29.4 Å². The number of benzene rings is 1. The van der Waals surface area contributed by atoms with E-state index in [1.807, 2.05) is 18.0 Å². The maximum atomic E-state index is 12.4. The zero-order chi connectivity index (χ0) is 22.9. The third-order valence-corrected chi connectivity index (χ3v) is 6.16. The van der Waals surface area contributed by atoms with Gasteiger partial charge in [-0.25, -0.2) is 0 Å². The van der Waals surface area contributed by atoms with E-state index in [-0.39, 0.29) is 5.91 Å². The number of fused-ring (bicyclic) bond motifs is 1. The molecule has 176 valence electrons. The summed E-state index contributed by atoms with van der Waals surface area (Å²) in [5, 5.41) is 1.27. The number of hydrogen-bond acceptors (Lipinski definition) is 1. The zero-order valence-corrected chi connectivity index (χ0v) is 20.5. The second kappa shape index (κ2) is 16.4. The topological polar surface area (TPSA) is 36.1 Å². The van der Waals surface area contributed by atoms with Crippen LogP contribution < -0.4 is 0 Å². The third-order valence-electron chi connectivity index (χ3n) is 6.16. The summed E-state index contributed by atoms with van der Waals surface area (Å²) in [6.07, 6.45) is 26.2. The molecule has 0 unspecified atom stereocenters. The Balaban J connectivity index is 1.45. The fourth-order valence-corrected chi connectivity index (χ4v) is 4.03. The van der Waals surface area contributed by atoms with Gasteiger partial charge >= 0.3 is 0 Å². The molecule has 3 nitrogen and oxygen atoms in total. The van der Waals surface area contributed by atoms with Crippen molar-refractivity contribution in [2.24, 2.45) is 0 Å². The number of nitrogens with one attached hydrogen (secondary N) is 1. The van der Waals surface area contributed by atoms with Crippen LogP contribution in [0.1, 0.15) is 89.5 Å². The first-order valence-electron chi connectivity index (χ1n) is 12.8. The van der Waals surface area contributed by atoms with E-state index in [2.05, 4.69) is 60.6 Å². The van der Waals surface area contributed by atoms with E-state index in [1.165, 1.54) is 67.8 Å². The lowest BCUT2D eigenvalue weighted by molar-refractivity contribution is -0.130. The van der Waals surface area contributed by atoms with Crippen LogP contribution in [0.4, 0.5) is 0 Å². The Kier molecular flexibility index (Phi) is 13.3. The Morgan fingerprint density at radius 2 is 1.59 bits per heavy atom. The molecule has 0 saturated carbocycles. The summed E-state index contributed by atoms with van der Waals surface area (Å²) in [7, 11) is 1.93. The van der Waals surface area contributed by atoms with Crippen LogP contribution in [-0.2, 0) is 11.2 Å². The van der Waals surface area contributed by atoms with Gasteiger partial charge in [0.1, 0.15) is 0 Å². The molecule has 0 aliphatic heterocycles. The Morgan fingerprint density at radius 1 is 0.906 bits per heavy atom. The predicted octanol–water partition coefficient (Wildman–Crippen LogP) is 7.98. The fraction of sp³-hybridized carbons (Fsp3) is 0.552. The number of para-hydroxylation sites is 1. The van der Waals surface area contributed by atoms with E-state index in [9.17, 15) is 4.79 Å². The molecule has 0 fully saturated rings. The number of amides is 1. The quantitative estimate of drug-likeness (QED) is 0.198. The fourth-order valence-electron chi connectivity index (χ4n) is 4.03. The molecule has 0 bridgehead atoms. The minimum Gasteiger partial charge on any atom is -0.361 e. The van der Waals surface area contributed by atoms with Crippen molar-refractivity contribution in [3.05, 3.63) is 60.3 Å². The van der Waals surface area contributed by atoms with Crippen molar-refractivity contribution in [2.45, 2.75) is 90.4 Å². The SMILES string of the molecule is CCCCC/C=C\C/C=C\CCCCCCCC(=O)N(C)CCc1c[nH]c2ccccc12. The predicted molar refractivity (Wildman–Crippen MR) is 139 cm³/mol. The van der Waals surface area contributed by atoms with Crippen molar-refractivity contribution in [3.63, 3.8) is 0 Å². The Morgan fingerprint density at radius 3 is 2.38 bits per heavy atom. The van der Waals surface area contributed by atoms with Gasteiger partial charge in [-0.3, -0.25) is 4.79 Å². The Hall–Kier alpha value is -2.29. The summed E-state index contributed by atoms with van der Waals surface area (Å²) < 4.78 is 0.